The van der Waals surface area contributed by atoms with Crippen LogP contribution >= 0.6 is 0 Å². The molecule has 1 saturated heterocycles. The number of piperidine rings is 1. The Bertz CT molecular complexity index is 754. The predicted molar refractivity (Wildman–Crippen MR) is 87.1 cm³/mol. The first-order chi connectivity index (χ1) is 11.7. The van der Waals surface area contributed by atoms with Crippen molar-refractivity contribution in [2.75, 3.05) is 23.3 Å². The minimum Gasteiger partial charge on any atom is -0.367 e. The predicted octanol–water partition coefficient (Wildman–Crippen LogP) is 2.21. The molecule has 0 bridgehead atoms. The molecule has 1 aliphatic heterocycles. The summed E-state index contributed by atoms with van der Waals surface area (Å²) in [5.74, 6) is -0.419. The van der Waals surface area contributed by atoms with E-state index in [2.05, 4.69) is 20.8 Å². The summed E-state index contributed by atoms with van der Waals surface area (Å²) in [6.07, 6.45) is 4.76. The molecule has 0 saturated carbocycles. The normalized spacial score (nSPS) is 17.2. The number of hydrogen-bond acceptors (Lipinski definition) is 4. The van der Waals surface area contributed by atoms with Crippen molar-refractivity contribution in [2.45, 2.75) is 18.9 Å². The van der Waals surface area contributed by atoms with E-state index in [0.717, 1.165) is 12.8 Å². The molecule has 2 heterocycles. The first-order valence-corrected chi connectivity index (χ1v) is 7.66. The lowest BCUT2D eigenvalue weighted by atomic mass is 10.0. The first kappa shape index (κ1) is 15.8. The molecule has 1 fully saturated rings. The summed E-state index contributed by atoms with van der Waals surface area (Å²) >= 11 is 0. The molecule has 1 aliphatic rings. The van der Waals surface area contributed by atoms with Crippen LogP contribution in [0.4, 0.5) is 20.6 Å². The van der Waals surface area contributed by atoms with E-state index in [4.69, 9.17) is 5.26 Å². The number of nitriles is 1. The van der Waals surface area contributed by atoms with Gasteiger partial charge in [-0.3, -0.25) is 5.10 Å². The van der Waals surface area contributed by atoms with Crippen molar-refractivity contribution in [3.63, 3.8) is 0 Å². The molecule has 3 N–H and O–H groups in total. The maximum absolute atomic E-state index is 14.2. The fourth-order valence-corrected chi connectivity index (χ4v) is 2.82. The molecule has 7 nitrogen and oxygen atoms in total. The van der Waals surface area contributed by atoms with Gasteiger partial charge in [-0.25, -0.2) is 9.18 Å². The summed E-state index contributed by atoms with van der Waals surface area (Å²) in [6, 6.07) is 5.97. The molecule has 3 rings (SSSR count). The van der Waals surface area contributed by atoms with Crippen molar-refractivity contribution < 1.29 is 9.18 Å². The Balaban J connectivity index is 1.62. The zero-order valence-corrected chi connectivity index (χ0v) is 12.9. The molecule has 0 spiro atoms. The fraction of sp³-hybridized carbons (Fsp3) is 0.312. The Morgan fingerprint density at radius 3 is 3.08 bits per heavy atom. The van der Waals surface area contributed by atoms with Gasteiger partial charge in [-0.05, 0) is 31.0 Å². The topological polar surface area (TPSA) is 96.8 Å². The third-order valence-corrected chi connectivity index (χ3v) is 3.93. The highest BCUT2D eigenvalue weighted by atomic mass is 19.1. The van der Waals surface area contributed by atoms with Crippen LogP contribution in [-0.2, 0) is 0 Å². The van der Waals surface area contributed by atoms with Crippen LogP contribution < -0.4 is 15.5 Å². The quantitative estimate of drug-likeness (QED) is 0.805. The summed E-state index contributed by atoms with van der Waals surface area (Å²) < 4.78 is 14.2. The lowest BCUT2D eigenvalue weighted by Crippen LogP contribution is -2.49. The number of amides is 2. The molecule has 2 aromatic rings. The number of rotatable bonds is 3. The van der Waals surface area contributed by atoms with Gasteiger partial charge >= 0.3 is 6.03 Å². The molecule has 124 valence electrons. The van der Waals surface area contributed by atoms with Gasteiger partial charge in [0, 0.05) is 25.3 Å². The number of nitrogens with zero attached hydrogens (tertiary/aromatic N) is 3. The second-order valence-corrected chi connectivity index (χ2v) is 5.65. The Kier molecular flexibility index (Phi) is 4.61. The number of carbonyl (C=O) groups is 1. The van der Waals surface area contributed by atoms with Crippen molar-refractivity contribution in [2.24, 2.45) is 0 Å². The molecule has 0 aliphatic carbocycles. The minimum atomic E-state index is -0.419. The molecule has 2 amide bonds. The molecule has 1 unspecified atom stereocenters. The van der Waals surface area contributed by atoms with E-state index in [9.17, 15) is 9.18 Å². The molecule has 1 aromatic carbocycles. The Morgan fingerprint density at radius 1 is 1.50 bits per heavy atom. The van der Waals surface area contributed by atoms with Gasteiger partial charge in [0.2, 0.25) is 0 Å². The van der Waals surface area contributed by atoms with E-state index < -0.39 is 5.82 Å². The molecule has 24 heavy (non-hydrogen) atoms. The number of nitrogens with one attached hydrogen (secondary N) is 3. The van der Waals surface area contributed by atoms with Crippen LogP contribution in [-0.4, -0.2) is 35.4 Å². The third kappa shape index (κ3) is 3.63. The zero-order chi connectivity index (χ0) is 16.9. The second-order valence-electron chi connectivity index (χ2n) is 5.65. The van der Waals surface area contributed by atoms with Crippen LogP contribution in [0.1, 0.15) is 18.4 Å². The van der Waals surface area contributed by atoms with Crippen LogP contribution in [0, 0.1) is 17.1 Å². The zero-order valence-electron chi connectivity index (χ0n) is 12.9. The summed E-state index contributed by atoms with van der Waals surface area (Å²) in [6.45, 7) is 1.23. The number of anilines is 2. The van der Waals surface area contributed by atoms with E-state index in [-0.39, 0.29) is 12.1 Å². The van der Waals surface area contributed by atoms with E-state index in [1.54, 1.807) is 18.3 Å². The van der Waals surface area contributed by atoms with Gasteiger partial charge in [-0.1, -0.05) is 0 Å². The summed E-state index contributed by atoms with van der Waals surface area (Å²) in [5, 5.41) is 20.8. The minimum absolute atomic E-state index is 0.0827. The van der Waals surface area contributed by atoms with Gasteiger partial charge in [0.15, 0.2) is 0 Å². The maximum atomic E-state index is 14.2. The van der Waals surface area contributed by atoms with Crippen LogP contribution in [0.3, 0.4) is 0 Å². The number of H-pyrrole nitrogens is 1. The Morgan fingerprint density at radius 2 is 2.38 bits per heavy atom. The van der Waals surface area contributed by atoms with Gasteiger partial charge in [-0.2, -0.15) is 10.4 Å². The van der Waals surface area contributed by atoms with Gasteiger partial charge < -0.3 is 15.5 Å². The number of urea groups is 1. The van der Waals surface area contributed by atoms with Crippen LogP contribution in [0.25, 0.3) is 0 Å². The highest BCUT2D eigenvalue weighted by Gasteiger charge is 2.23. The Labute approximate surface area is 138 Å². The maximum Gasteiger partial charge on any atom is 0.319 e. The van der Waals surface area contributed by atoms with E-state index in [1.165, 1.54) is 12.3 Å². The van der Waals surface area contributed by atoms with E-state index in [1.807, 2.05) is 11.0 Å². The van der Waals surface area contributed by atoms with Gasteiger partial charge in [0.25, 0.3) is 0 Å². The standard InChI is InChI=1S/C16H17FN6O/c17-14-6-11(7-18)3-4-15(14)23-5-1-2-12(10-23)21-16(24)22-13-8-19-20-9-13/h3-4,6,8-9,12H,1-2,5,10H2,(H,19,20)(H2,21,22,24). The number of aromatic nitrogens is 2. The smallest absolute Gasteiger partial charge is 0.319 e. The van der Waals surface area contributed by atoms with Crippen molar-refractivity contribution >= 4 is 17.4 Å². The lowest BCUT2D eigenvalue weighted by Gasteiger charge is -2.34. The summed E-state index contributed by atoms with van der Waals surface area (Å²) in [5.41, 5.74) is 1.33. The number of aromatic amines is 1. The molecular formula is C16H17FN6O. The molecule has 0 radical (unpaired) electrons. The number of benzene rings is 1. The second kappa shape index (κ2) is 7.00. The van der Waals surface area contributed by atoms with Crippen molar-refractivity contribution in [1.82, 2.24) is 15.5 Å². The Hall–Kier alpha value is -3.08. The van der Waals surface area contributed by atoms with Gasteiger partial charge in [0.1, 0.15) is 5.82 Å². The summed E-state index contributed by atoms with van der Waals surface area (Å²) in [7, 11) is 0. The fourth-order valence-electron chi connectivity index (χ4n) is 2.82. The van der Waals surface area contributed by atoms with Crippen molar-refractivity contribution in [1.29, 1.82) is 5.26 Å². The first-order valence-electron chi connectivity index (χ1n) is 7.66. The largest absolute Gasteiger partial charge is 0.367 e. The number of carbonyl (C=O) groups excluding carboxylic acids is 1. The van der Waals surface area contributed by atoms with E-state index >= 15 is 0 Å². The highest BCUT2D eigenvalue weighted by Crippen LogP contribution is 2.24. The van der Waals surface area contributed by atoms with Crippen LogP contribution in [0.2, 0.25) is 0 Å². The molecule has 1 aromatic heterocycles. The van der Waals surface area contributed by atoms with Crippen LogP contribution in [0.15, 0.2) is 30.6 Å². The van der Waals surface area contributed by atoms with Gasteiger partial charge in [-0.15, -0.1) is 0 Å². The highest BCUT2D eigenvalue weighted by molar-refractivity contribution is 5.89. The summed E-state index contributed by atoms with van der Waals surface area (Å²) in [4.78, 5) is 13.9. The average molecular weight is 328 g/mol. The third-order valence-electron chi connectivity index (χ3n) is 3.93. The van der Waals surface area contributed by atoms with Gasteiger partial charge in [0.05, 0.1) is 29.2 Å². The van der Waals surface area contributed by atoms with Crippen molar-refractivity contribution in [3.05, 3.63) is 42.0 Å². The molecular weight excluding hydrogens is 311 g/mol. The average Bonchev–Trinajstić information content (AvgIpc) is 3.07. The number of hydrogen-bond donors (Lipinski definition) is 3. The lowest BCUT2D eigenvalue weighted by molar-refractivity contribution is 0.246. The molecule has 8 heteroatoms. The molecule has 1 atom stereocenters. The monoisotopic (exact) mass is 328 g/mol. The van der Waals surface area contributed by atoms with Crippen molar-refractivity contribution in [3.8, 4) is 6.07 Å². The van der Waals surface area contributed by atoms with Crippen LogP contribution in [0.5, 0.6) is 0 Å². The number of halogens is 1. The SMILES string of the molecule is N#Cc1ccc(N2CCCC(NC(=O)Nc3cn[nH]c3)C2)c(F)c1. The van der Waals surface area contributed by atoms with E-state index in [0.29, 0.717) is 30.0 Å².